The van der Waals surface area contributed by atoms with E-state index in [-0.39, 0.29) is 5.56 Å². The van der Waals surface area contributed by atoms with Crippen LogP contribution in [0, 0.1) is 0 Å². The van der Waals surface area contributed by atoms with Crippen LogP contribution in [0.25, 0.3) is 10.9 Å². The van der Waals surface area contributed by atoms with Crippen molar-refractivity contribution in [3.63, 3.8) is 0 Å². The van der Waals surface area contributed by atoms with E-state index < -0.39 is 12.1 Å². The van der Waals surface area contributed by atoms with Gasteiger partial charge < -0.3 is 14.5 Å². The van der Waals surface area contributed by atoms with Gasteiger partial charge in [-0.1, -0.05) is 12.1 Å². The fraction of sp³-hybridized carbons (Fsp3) is 0.167. The lowest BCUT2D eigenvalue weighted by molar-refractivity contribution is 0.0320. The normalized spacial score (nSPS) is 12.0. The molecule has 6 nitrogen and oxygen atoms in total. The van der Waals surface area contributed by atoms with Gasteiger partial charge in [-0.2, -0.15) is 0 Å². The van der Waals surface area contributed by atoms with Gasteiger partial charge in [0.15, 0.2) is 11.9 Å². The van der Waals surface area contributed by atoms with E-state index in [0.717, 1.165) is 0 Å². The highest BCUT2D eigenvalue weighted by atomic mass is 79.9. The summed E-state index contributed by atoms with van der Waals surface area (Å²) < 4.78 is 11.2. The van der Waals surface area contributed by atoms with Crippen LogP contribution in [0.15, 0.2) is 51.7 Å². The van der Waals surface area contributed by atoms with Gasteiger partial charge in [-0.25, -0.2) is 9.78 Å². The maximum Gasteiger partial charge on any atom is 0.338 e. The molecule has 1 heterocycles. The number of hydrogen-bond acceptors (Lipinski definition) is 5. The lowest BCUT2D eigenvalue weighted by Gasteiger charge is -2.13. The van der Waals surface area contributed by atoms with E-state index in [4.69, 9.17) is 9.47 Å². The fourth-order valence-electron chi connectivity index (χ4n) is 2.37. The van der Waals surface area contributed by atoms with Crippen LogP contribution in [0.5, 0.6) is 5.75 Å². The molecule has 3 aromatic rings. The van der Waals surface area contributed by atoms with E-state index in [1.165, 1.54) is 0 Å². The zero-order valence-electron chi connectivity index (χ0n) is 13.6. The predicted octanol–water partition coefficient (Wildman–Crippen LogP) is 3.61. The Labute approximate surface area is 151 Å². The molecule has 0 bridgehead atoms. The maximum atomic E-state index is 12.3. The van der Waals surface area contributed by atoms with Gasteiger partial charge in [-0.05, 0) is 53.2 Å². The second kappa shape index (κ2) is 7.06. The maximum absolute atomic E-state index is 12.3. The Balaban J connectivity index is 1.84. The fourth-order valence-corrected chi connectivity index (χ4v) is 2.92. The van der Waals surface area contributed by atoms with Crippen molar-refractivity contribution < 1.29 is 14.3 Å². The molecule has 3 rings (SSSR count). The third-order valence-electron chi connectivity index (χ3n) is 3.69. The average Bonchev–Trinajstić information content (AvgIpc) is 2.61. The minimum atomic E-state index is -0.703. The molecule has 0 aliphatic heterocycles. The summed E-state index contributed by atoms with van der Waals surface area (Å²) in [6.45, 7) is 1.66. The molecule has 2 aromatic carbocycles. The SMILES string of the molecule is COc1ccc(C(=O)OC(C)c2nc3ccccc3c(=O)[nH]2)cc1Br. The van der Waals surface area contributed by atoms with Gasteiger partial charge in [0.25, 0.3) is 5.56 Å². The molecule has 1 atom stereocenters. The van der Waals surface area contributed by atoms with Crippen molar-refractivity contribution in [1.82, 2.24) is 9.97 Å². The number of ether oxygens (including phenoxy) is 2. The van der Waals surface area contributed by atoms with E-state index in [1.807, 2.05) is 0 Å². The van der Waals surface area contributed by atoms with Gasteiger partial charge in [0.05, 0.1) is 28.0 Å². The third-order valence-corrected chi connectivity index (χ3v) is 4.31. The standard InChI is InChI=1S/C18H15BrN2O4/c1-10(16-20-14-6-4-3-5-12(14)17(22)21-16)25-18(23)11-7-8-15(24-2)13(19)9-11/h3-10H,1-2H3,(H,20,21,22). The highest BCUT2D eigenvalue weighted by molar-refractivity contribution is 9.10. The van der Waals surface area contributed by atoms with Crippen molar-refractivity contribution in [1.29, 1.82) is 0 Å². The number of methoxy groups -OCH3 is 1. The average molecular weight is 403 g/mol. The van der Waals surface area contributed by atoms with Crippen molar-refractivity contribution >= 4 is 32.8 Å². The number of para-hydroxylation sites is 1. The molecule has 1 unspecified atom stereocenters. The first-order chi connectivity index (χ1) is 12.0. The molecule has 0 aliphatic carbocycles. The highest BCUT2D eigenvalue weighted by Crippen LogP contribution is 2.26. The Morgan fingerprint density at radius 3 is 2.72 bits per heavy atom. The number of esters is 1. The Morgan fingerprint density at radius 2 is 2.00 bits per heavy atom. The number of carbonyl (C=O) groups excluding carboxylic acids is 1. The Kier molecular flexibility index (Phi) is 4.85. The Morgan fingerprint density at radius 1 is 1.24 bits per heavy atom. The van der Waals surface area contributed by atoms with E-state index in [0.29, 0.717) is 32.5 Å². The second-order valence-electron chi connectivity index (χ2n) is 5.37. The molecule has 0 saturated carbocycles. The Hall–Kier alpha value is -2.67. The summed E-state index contributed by atoms with van der Waals surface area (Å²) >= 11 is 3.33. The molecule has 0 saturated heterocycles. The molecular formula is C18H15BrN2O4. The molecular weight excluding hydrogens is 388 g/mol. The number of rotatable bonds is 4. The van der Waals surface area contributed by atoms with Crippen LogP contribution in [0.2, 0.25) is 0 Å². The lowest BCUT2D eigenvalue weighted by atomic mass is 10.2. The van der Waals surface area contributed by atoms with E-state index in [9.17, 15) is 9.59 Å². The molecule has 0 fully saturated rings. The van der Waals surface area contributed by atoms with Crippen molar-refractivity contribution in [2.45, 2.75) is 13.0 Å². The van der Waals surface area contributed by atoms with E-state index in [2.05, 4.69) is 25.9 Å². The van der Waals surface area contributed by atoms with Crippen LogP contribution >= 0.6 is 15.9 Å². The lowest BCUT2D eigenvalue weighted by Crippen LogP contribution is -2.17. The number of carbonyl (C=O) groups is 1. The van der Waals surface area contributed by atoms with Gasteiger partial charge in [-0.15, -0.1) is 0 Å². The van der Waals surface area contributed by atoms with Crippen LogP contribution in [0.4, 0.5) is 0 Å². The van der Waals surface area contributed by atoms with Crippen molar-refractivity contribution in [3.8, 4) is 5.75 Å². The van der Waals surface area contributed by atoms with Crippen LogP contribution < -0.4 is 10.3 Å². The van der Waals surface area contributed by atoms with Gasteiger partial charge in [0.1, 0.15) is 5.75 Å². The van der Waals surface area contributed by atoms with Crippen LogP contribution in [-0.4, -0.2) is 23.0 Å². The number of aromatic nitrogens is 2. The molecule has 0 amide bonds. The molecule has 0 radical (unpaired) electrons. The summed E-state index contributed by atoms with van der Waals surface area (Å²) in [6, 6.07) is 11.9. The number of halogens is 1. The number of fused-ring (bicyclic) bond motifs is 1. The first kappa shape index (κ1) is 17.2. The van der Waals surface area contributed by atoms with Gasteiger partial charge in [-0.3, -0.25) is 4.79 Å². The number of H-pyrrole nitrogens is 1. The van der Waals surface area contributed by atoms with Crippen LogP contribution in [-0.2, 0) is 4.74 Å². The molecule has 7 heteroatoms. The monoisotopic (exact) mass is 402 g/mol. The largest absolute Gasteiger partial charge is 0.496 e. The van der Waals surface area contributed by atoms with E-state index >= 15 is 0 Å². The van der Waals surface area contributed by atoms with Crippen molar-refractivity contribution in [2.75, 3.05) is 7.11 Å². The van der Waals surface area contributed by atoms with Gasteiger partial charge in [0, 0.05) is 0 Å². The smallest absolute Gasteiger partial charge is 0.338 e. The minimum absolute atomic E-state index is 0.268. The summed E-state index contributed by atoms with van der Waals surface area (Å²) in [5.74, 6) is 0.390. The molecule has 1 N–H and O–H groups in total. The topological polar surface area (TPSA) is 81.3 Å². The number of benzene rings is 2. The van der Waals surface area contributed by atoms with Crippen LogP contribution in [0.1, 0.15) is 29.2 Å². The van der Waals surface area contributed by atoms with Crippen LogP contribution in [0.3, 0.4) is 0 Å². The molecule has 25 heavy (non-hydrogen) atoms. The number of aromatic amines is 1. The summed E-state index contributed by atoms with van der Waals surface area (Å²) in [6.07, 6.45) is -0.703. The number of hydrogen-bond donors (Lipinski definition) is 1. The summed E-state index contributed by atoms with van der Waals surface area (Å²) in [4.78, 5) is 31.5. The molecule has 0 aliphatic rings. The highest BCUT2D eigenvalue weighted by Gasteiger charge is 2.17. The predicted molar refractivity (Wildman–Crippen MR) is 96.9 cm³/mol. The summed E-state index contributed by atoms with van der Waals surface area (Å²) in [5.41, 5.74) is 0.648. The first-order valence-electron chi connectivity index (χ1n) is 7.53. The second-order valence-corrected chi connectivity index (χ2v) is 6.22. The van der Waals surface area contributed by atoms with Crippen molar-refractivity contribution in [2.24, 2.45) is 0 Å². The zero-order chi connectivity index (χ0) is 18.0. The number of nitrogens with one attached hydrogen (secondary N) is 1. The summed E-state index contributed by atoms with van der Waals surface area (Å²) in [5, 5.41) is 0.490. The third kappa shape index (κ3) is 3.56. The van der Waals surface area contributed by atoms with Crippen molar-refractivity contribution in [3.05, 3.63) is 68.7 Å². The quantitative estimate of drug-likeness (QED) is 0.674. The minimum Gasteiger partial charge on any atom is -0.496 e. The molecule has 128 valence electrons. The van der Waals surface area contributed by atoms with E-state index in [1.54, 1.807) is 56.5 Å². The van der Waals surface area contributed by atoms with Gasteiger partial charge >= 0.3 is 5.97 Å². The van der Waals surface area contributed by atoms with Gasteiger partial charge in [0.2, 0.25) is 0 Å². The summed E-state index contributed by atoms with van der Waals surface area (Å²) in [7, 11) is 1.54. The molecule has 1 aromatic heterocycles. The first-order valence-corrected chi connectivity index (χ1v) is 8.32. The zero-order valence-corrected chi connectivity index (χ0v) is 15.2. The molecule has 0 spiro atoms. The Bertz CT molecular complexity index is 1000. The number of nitrogens with zero attached hydrogens (tertiary/aromatic N) is 1.